The van der Waals surface area contributed by atoms with Crippen molar-refractivity contribution in [1.82, 2.24) is 9.97 Å². The minimum Gasteiger partial charge on any atom is -0.454 e. The van der Waals surface area contributed by atoms with E-state index in [0.29, 0.717) is 5.82 Å². The number of nitrogens with zero attached hydrogens (tertiary/aromatic N) is 2. The number of aromatic nitrogens is 2. The first-order valence-electron chi connectivity index (χ1n) is 8.84. The Morgan fingerprint density at radius 1 is 0.778 bits per heavy atom. The molecule has 2 aromatic carbocycles. The second kappa shape index (κ2) is 6.79. The fraction of sp³-hybridized carbons (Fsp3) is 0.238. The molecule has 0 bridgehead atoms. The van der Waals surface area contributed by atoms with Gasteiger partial charge in [0.25, 0.3) is 0 Å². The van der Waals surface area contributed by atoms with E-state index in [0.717, 1.165) is 28.7 Å². The van der Waals surface area contributed by atoms with Crippen LogP contribution >= 0.6 is 0 Å². The summed E-state index contributed by atoms with van der Waals surface area (Å²) in [5.41, 5.74) is 3.28. The smallest absolute Gasteiger partial charge is 0.231 e. The number of anilines is 4. The van der Waals surface area contributed by atoms with Gasteiger partial charge in [-0.3, -0.25) is 0 Å². The molecule has 0 aliphatic carbocycles. The molecule has 0 spiro atoms. The monoisotopic (exact) mass is 362 g/mol. The van der Waals surface area contributed by atoms with E-state index in [4.69, 9.17) is 9.47 Å². The van der Waals surface area contributed by atoms with Crippen molar-refractivity contribution in [3.8, 4) is 11.5 Å². The summed E-state index contributed by atoms with van der Waals surface area (Å²) in [5, 5.41) is 6.58. The van der Waals surface area contributed by atoms with Crippen LogP contribution in [0.25, 0.3) is 0 Å². The molecule has 4 rings (SSSR count). The van der Waals surface area contributed by atoms with E-state index in [-0.39, 0.29) is 12.2 Å². The van der Waals surface area contributed by atoms with Gasteiger partial charge in [0.15, 0.2) is 11.5 Å². The lowest BCUT2D eigenvalue weighted by Crippen LogP contribution is -2.10. The predicted octanol–water partition coefficient (Wildman–Crippen LogP) is 4.99. The number of nitrogens with one attached hydrogen (secondary N) is 2. The van der Waals surface area contributed by atoms with Crippen LogP contribution in [0.4, 0.5) is 23.0 Å². The Balaban J connectivity index is 1.47. The number of hydrogen-bond donors (Lipinski definition) is 2. The van der Waals surface area contributed by atoms with Crippen LogP contribution in [0.15, 0.2) is 54.9 Å². The van der Waals surface area contributed by atoms with Crippen molar-refractivity contribution in [2.45, 2.75) is 26.2 Å². The first-order chi connectivity index (χ1) is 13.0. The Morgan fingerprint density at radius 2 is 1.41 bits per heavy atom. The Bertz CT molecular complexity index is 949. The quantitative estimate of drug-likeness (QED) is 0.681. The molecule has 6 heteroatoms. The SMILES string of the molecule is CC(C)(C)c1ccc(Nc2cc(Nc3ccc4c(c3)OCO4)ncn2)cc1. The predicted molar refractivity (Wildman–Crippen MR) is 106 cm³/mol. The molecule has 0 fully saturated rings. The fourth-order valence-electron chi connectivity index (χ4n) is 2.82. The van der Waals surface area contributed by atoms with Crippen LogP contribution in [-0.2, 0) is 5.41 Å². The van der Waals surface area contributed by atoms with E-state index >= 15 is 0 Å². The van der Waals surface area contributed by atoms with Crippen molar-refractivity contribution in [3.63, 3.8) is 0 Å². The maximum absolute atomic E-state index is 5.41. The highest BCUT2D eigenvalue weighted by Crippen LogP contribution is 2.35. The lowest BCUT2D eigenvalue weighted by Gasteiger charge is -2.19. The molecular formula is C21H22N4O2. The van der Waals surface area contributed by atoms with Crippen LogP contribution in [0.3, 0.4) is 0 Å². The average Bonchev–Trinajstić information content (AvgIpc) is 3.09. The molecule has 0 atom stereocenters. The van der Waals surface area contributed by atoms with Crippen LogP contribution in [0, 0.1) is 0 Å². The molecule has 0 amide bonds. The summed E-state index contributed by atoms with van der Waals surface area (Å²) < 4.78 is 10.7. The number of ether oxygens (including phenoxy) is 2. The first kappa shape index (κ1) is 17.1. The highest BCUT2D eigenvalue weighted by atomic mass is 16.7. The van der Waals surface area contributed by atoms with Crippen molar-refractivity contribution in [3.05, 3.63) is 60.4 Å². The van der Waals surface area contributed by atoms with Gasteiger partial charge in [0.2, 0.25) is 6.79 Å². The zero-order valence-corrected chi connectivity index (χ0v) is 15.6. The van der Waals surface area contributed by atoms with Crippen LogP contribution in [0.2, 0.25) is 0 Å². The fourth-order valence-corrected chi connectivity index (χ4v) is 2.82. The van der Waals surface area contributed by atoms with Crippen LogP contribution in [0.1, 0.15) is 26.3 Å². The number of rotatable bonds is 4. The molecule has 138 valence electrons. The van der Waals surface area contributed by atoms with E-state index in [1.54, 1.807) is 0 Å². The summed E-state index contributed by atoms with van der Waals surface area (Å²) in [4.78, 5) is 8.58. The van der Waals surface area contributed by atoms with Gasteiger partial charge in [-0.05, 0) is 35.2 Å². The van der Waals surface area contributed by atoms with Gasteiger partial charge in [0, 0.05) is 23.5 Å². The summed E-state index contributed by atoms with van der Waals surface area (Å²) in [6.45, 7) is 6.87. The Hall–Kier alpha value is -3.28. The second-order valence-electron chi connectivity index (χ2n) is 7.43. The highest BCUT2D eigenvalue weighted by Gasteiger charge is 2.14. The molecule has 0 radical (unpaired) electrons. The van der Waals surface area contributed by atoms with Crippen molar-refractivity contribution in [2.75, 3.05) is 17.4 Å². The third-order valence-electron chi connectivity index (χ3n) is 4.34. The van der Waals surface area contributed by atoms with Gasteiger partial charge in [-0.1, -0.05) is 32.9 Å². The number of benzene rings is 2. The van der Waals surface area contributed by atoms with E-state index in [9.17, 15) is 0 Å². The Labute approximate surface area is 158 Å². The highest BCUT2D eigenvalue weighted by molar-refractivity contribution is 5.65. The van der Waals surface area contributed by atoms with Crippen molar-refractivity contribution >= 4 is 23.0 Å². The average molecular weight is 362 g/mol. The van der Waals surface area contributed by atoms with Crippen molar-refractivity contribution in [1.29, 1.82) is 0 Å². The van der Waals surface area contributed by atoms with E-state index < -0.39 is 0 Å². The Kier molecular flexibility index (Phi) is 4.32. The maximum atomic E-state index is 5.41. The Morgan fingerprint density at radius 3 is 2.11 bits per heavy atom. The molecule has 1 aromatic heterocycles. The van der Waals surface area contributed by atoms with Gasteiger partial charge in [-0.2, -0.15) is 0 Å². The summed E-state index contributed by atoms with van der Waals surface area (Å²) >= 11 is 0. The van der Waals surface area contributed by atoms with Crippen molar-refractivity contribution in [2.24, 2.45) is 0 Å². The van der Waals surface area contributed by atoms with Crippen LogP contribution in [0.5, 0.6) is 11.5 Å². The molecule has 0 unspecified atom stereocenters. The standard InChI is InChI=1S/C21H22N4O2/c1-21(2,3)14-4-6-15(7-5-14)24-19-11-20(23-12-22-19)25-16-8-9-17-18(10-16)27-13-26-17/h4-12H,13H2,1-3H3,(H2,22,23,24,25). The molecular weight excluding hydrogens is 340 g/mol. The van der Waals surface area contributed by atoms with Gasteiger partial charge in [0.05, 0.1) is 0 Å². The lowest BCUT2D eigenvalue weighted by molar-refractivity contribution is 0.174. The molecule has 1 aliphatic rings. The van der Waals surface area contributed by atoms with E-state index in [1.807, 2.05) is 24.3 Å². The summed E-state index contributed by atoms with van der Waals surface area (Å²) in [5.74, 6) is 2.89. The van der Waals surface area contributed by atoms with E-state index in [2.05, 4.69) is 65.6 Å². The van der Waals surface area contributed by atoms with Gasteiger partial charge >= 0.3 is 0 Å². The molecule has 0 saturated carbocycles. The molecule has 27 heavy (non-hydrogen) atoms. The number of fused-ring (bicyclic) bond motifs is 1. The van der Waals surface area contributed by atoms with Gasteiger partial charge < -0.3 is 20.1 Å². The van der Waals surface area contributed by atoms with Crippen molar-refractivity contribution < 1.29 is 9.47 Å². The molecule has 6 nitrogen and oxygen atoms in total. The molecule has 2 N–H and O–H groups in total. The van der Waals surface area contributed by atoms with Gasteiger partial charge in [-0.25, -0.2) is 9.97 Å². The number of hydrogen-bond acceptors (Lipinski definition) is 6. The van der Waals surface area contributed by atoms with Gasteiger partial charge in [0.1, 0.15) is 18.0 Å². The maximum Gasteiger partial charge on any atom is 0.231 e. The third kappa shape index (κ3) is 3.95. The third-order valence-corrected chi connectivity index (χ3v) is 4.34. The van der Waals surface area contributed by atoms with Crippen LogP contribution in [-0.4, -0.2) is 16.8 Å². The summed E-state index contributed by atoms with van der Waals surface area (Å²) in [6, 6.07) is 16.0. The first-order valence-corrected chi connectivity index (χ1v) is 8.84. The lowest BCUT2D eigenvalue weighted by atomic mass is 9.87. The molecule has 3 aromatic rings. The molecule has 1 aliphatic heterocycles. The normalized spacial score (nSPS) is 12.7. The van der Waals surface area contributed by atoms with Gasteiger partial charge in [-0.15, -0.1) is 0 Å². The van der Waals surface area contributed by atoms with Crippen LogP contribution < -0.4 is 20.1 Å². The second-order valence-corrected chi connectivity index (χ2v) is 7.43. The minimum atomic E-state index is 0.134. The topological polar surface area (TPSA) is 68.3 Å². The summed E-state index contributed by atoms with van der Waals surface area (Å²) in [7, 11) is 0. The molecule has 0 saturated heterocycles. The summed E-state index contributed by atoms with van der Waals surface area (Å²) in [6.07, 6.45) is 1.53. The zero-order valence-electron chi connectivity index (χ0n) is 15.6. The molecule has 2 heterocycles. The van der Waals surface area contributed by atoms with E-state index in [1.165, 1.54) is 11.9 Å². The largest absolute Gasteiger partial charge is 0.454 e. The minimum absolute atomic E-state index is 0.134. The zero-order chi connectivity index (χ0) is 18.9.